The van der Waals surface area contributed by atoms with Crippen LogP contribution in [0.4, 0.5) is 0 Å². The van der Waals surface area contributed by atoms with Gasteiger partial charge in [-0.15, -0.1) is 0 Å². The maximum Gasteiger partial charge on any atom is 0.282 e. The number of aromatic nitrogens is 2. The SMILES string of the molecule is C=CCOc1c(I)cc(C=Nn2c(CC)nc3ccc(Br)cc3c2=O)cc1I. The van der Waals surface area contributed by atoms with E-state index in [0.29, 0.717) is 29.8 Å². The number of ether oxygens (including phenoxy) is 1. The van der Waals surface area contributed by atoms with Crippen molar-refractivity contribution in [3.8, 4) is 5.75 Å². The van der Waals surface area contributed by atoms with Crippen LogP contribution in [-0.2, 0) is 6.42 Å². The summed E-state index contributed by atoms with van der Waals surface area (Å²) in [6.07, 6.45) is 3.99. The quantitative estimate of drug-likeness (QED) is 0.202. The fourth-order valence-electron chi connectivity index (χ4n) is 2.60. The summed E-state index contributed by atoms with van der Waals surface area (Å²) in [4.78, 5) is 17.5. The van der Waals surface area contributed by atoms with Gasteiger partial charge in [0.2, 0.25) is 0 Å². The van der Waals surface area contributed by atoms with E-state index >= 15 is 0 Å². The number of aryl methyl sites for hydroxylation is 1. The van der Waals surface area contributed by atoms with Gasteiger partial charge in [0, 0.05) is 10.9 Å². The first-order valence-electron chi connectivity index (χ1n) is 8.43. The summed E-state index contributed by atoms with van der Waals surface area (Å²) >= 11 is 7.87. The lowest BCUT2D eigenvalue weighted by molar-refractivity contribution is 0.358. The zero-order chi connectivity index (χ0) is 20.3. The molecule has 8 heteroatoms. The van der Waals surface area contributed by atoms with Gasteiger partial charge in [-0.05, 0) is 81.1 Å². The maximum absolute atomic E-state index is 12.9. The molecule has 0 radical (unpaired) electrons. The molecule has 2 aromatic carbocycles. The van der Waals surface area contributed by atoms with Crippen molar-refractivity contribution in [1.82, 2.24) is 9.66 Å². The fraction of sp³-hybridized carbons (Fsp3) is 0.150. The van der Waals surface area contributed by atoms with Crippen LogP contribution in [-0.4, -0.2) is 22.5 Å². The summed E-state index contributed by atoms with van der Waals surface area (Å²) in [6.45, 7) is 6.08. The number of benzene rings is 2. The molecule has 0 unspecified atom stereocenters. The Morgan fingerprint density at radius 1 is 1.29 bits per heavy atom. The summed E-state index contributed by atoms with van der Waals surface area (Å²) in [5.41, 5.74) is 1.36. The first kappa shape index (κ1) is 21.4. The average Bonchev–Trinajstić information content (AvgIpc) is 2.67. The van der Waals surface area contributed by atoms with Gasteiger partial charge in [0.05, 0.1) is 24.3 Å². The number of rotatable bonds is 6. The third-order valence-corrected chi connectivity index (χ3v) is 5.98. The molecule has 1 heterocycles. The molecule has 3 rings (SSSR count). The van der Waals surface area contributed by atoms with Crippen molar-refractivity contribution in [1.29, 1.82) is 0 Å². The highest BCUT2D eigenvalue weighted by Crippen LogP contribution is 2.28. The Hall–Kier alpha value is -1.27. The fourth-order valence-corrected chi connectivity index (χ4v) is 5.09. The number of halogens is 3. The zero-order valence-corrected chi connectivity index (χ0v) is 20.9. The zero-order valence-electron chi connectivity index (χ0n) is 15.0. The van der Waals surface area contributed by atoms with Crippen LogP contribution in [0.3, 0.4) is 0 Å². The summed E-state index contributed by atoms with van der Waals surface area (Å²) in [5, 5.41) is 4.97. The minimum Gasteiger partial charge on any atom is -0.487 e. The largest absolute Gasteiger partial charge is 0.487 e. The Morgan fingerprint density at radius 2 is 2.00 bits per heavy atom. The van der Waals surface area contributed by atoms with E-state index in [-0.39, 0.29) is 5.56 Å². The highest BCUT2D eigenvalue weighted by molar-refractivity contribution is 14.1. The molecule has 0 N–H and O–H groups in total. The van der Waals surface area contributed by atoms with Crippen molar-refractivity contribution in [3.05, 3.63) is 76.3 Å². The molecule has 0 bridgehead atoms. The van der Waals surface area contributed by atoms with E-state index < -0.39 is 0 Å². The molecule has 5 nitrogen and oxygen atoms in total. The van der Waals surface area contributed by atoms with Crippen molar-refractivity contribution in [2.75, 3.05) is 6.61 Å². The van der Waals surface area contributed by atoms with E-state index in [2.05, 4.69) is 77.8 Å². The summed E-state index contributed by atoms with van der Waals surface area (Å²) < 4.78 is 9.84. The van der Waals surface area contributed by atoms with Gasteiger partial charge in [0.25, 0.3) is 5.56 Å². The Morgan fingerprint density at radius 3 is 2.64 bits per heavy atom. The van der Waals surface area contributed by atoms with E-state index in [9.17, 15) is 4.79 Å². The second-order valence-corrected chi connectivity index (χ2v) is 9.06. The average molecular weight is 664 g/mol. The lowest BCUT2D eigenvalue weighted by atomic mass is 10.2. The van der Waals surface area contributed by atoms with Gasteiger partial charge in [-0.3, -0.25) is 4.79 Å². The number of hydrogen-bond donors (Lipinski definition) is 0. The van der Waals surface area contributed by atoms with E-state index in [1.807, 2.05) is 31.2 Å². The molecule has 0 fully saturated rings. The smallest absolute Gasteiger partial charge is 0.282 e. The van der Waals surface area contributed by atoms with Crippen LogP contribution in [0.1, 0.15) is 18.3 Å². The summed E-state index contributed by atoms with van der Waals surface area (Å²) in [5.74, 6) is 1.44. The molecule has 144 valence electrons. The van der Waals surface area contributed by atoms with Crippen LogP contribution in [0.15, 0.2) is 57.4 Å². The Labute approximate surface area is 198 Å². The Kier molecular flexibility index (Phi) is 7.26. The second-order valence-electron chi connectivity index (χ2n) is 5.82. The van der Waals surface area contributed by atoms with E-state index in [1.54, 1.807) is 18.4 Å². The van der Waals surface area contributed by atoms with Gasteiger partial charge in [-0.2, -0.15) is 9.78 Å². The van der Waals surface area contributed by atoms with Crippen LogP contribution in [0.25, 0.3) is 10.9 Å². The molecule has 3 aromatic rings. The van der Waals surface area contributed by atoms with E-state index in [0.717, 1.165) is 22.9 Å². The predicted molar refractivity (Wildman–Crippen MR) is 134 cm³/mol. The molecular formula is C20H16BrI2N3O2. The minimum atomic E-state index is -0.185. The van der Waals surface area contributed by atoms with Gasteiger partial charge < -0.3 is 4.74 Å². The van der Waals surface area contributed by atoms with Crippen LogP contribution >= 0.6 is 61.1 Å². The van der Waals surface area contributed by atoms with Crippen molar-refractivity contribution in [2.24, 2.45) is 5.10 Å². The molecule has 0 amide bonds. The molecule has 0 saturated carbocycles. The first-order valence-corrected chi connectivity index (χ1v) is 11.4. The van der Waals surface area contributed by atoms with Gasteiger partial charge in [-0.1, -0.05) is 35.5 Å². The Bertz CT molecular complexity index is 1120. The normalized spacial score (nSPS) is 11.3. The molecular weight excluding hydrogens is 648 g/mol. The lowest BCUT2D eigenvalue weighted by Crippen LogP contribution is -2.22. The minimum absolute atomic E-state index is 0.185. The molecule has 28 heavy (non-hydrogen) atoms. The number of nitrogens with zero attached hydrogens (tertiary/aromatic N) is 3. The van der Waals surface area contributed by atoms with Gasteiger partial charge in [0.15, 0.2) is 0 Å². The van der Waals surface area contributed by atoms with Crippen molar-refractivity contribution in [2.45, 2.75) is 13.3 Å². The van der Waals surface area contributed by atoms with E-state index in [1.165, 1.54) is 4.68 Å². The predicted octanol–water partition coefficient (Wildman–Crippen LogP) is 5.38. The highest BCUT2D eigenvalue weighted by Gasteiger charge is 2.11. The molecule has 0 aliphatic heterocycles. The molecule has 0 aliphatic rings. The van der Waals surface area contributed by atoms with Crippen molar-refractivity contribution >= 4 is 78.2 Å². The van der Waals surface area contributed by atoms with Crippen molar-refractivity contribution in [3.63, 3.8) is 0 Å². The van der Waals surface area contributed by atoms with Crippen LogP contribution in [0.5, 0.6) is 5.75 Å². The maximum atomic E-state index is 12.9. The van der Waals surface area contributed by atoms with Gasteiger partial charge in [-0.25, -0.2) is 4.98 Å². The summed E-state index contributed by atoms with van der Waals surface area (Å²) in [6, 6.07) is 9.41. The monoisotopic (exact) mass is 663 g/mol. The molecule has 0 aliphatic carbocycles. The van der Waals surface area contributed by atoms with E-state index in [4.69, 9.17) is 4.74 Å². The van der Waals surface area contributed by atoms with Crippen LogP contribution < -0.4 is 10.3 Å². The number of hydrogen-bond acceptors (Lipinski definition) is 4. The molecule has 1 aromatic heterocycles. The van der Waals surface area contributed by atoms with Crippen LogP contribution in [0.2, 0.25) is 0 Å². The Balaban J connectivity index is 2.04. The van der Waals surface area contributed by atoms with Crippen LogP contribution in [0, 0.1) is 7.14 Å². The standard InChI is InChI=1S/C20H16BrI2N3O2/c1-3-7-28-19-15(22)8-12(9-16(19)23)11-24-26-18(4-2)25-17-6-5-13(21)10-14(17)20(26)27/h3,5-6,8-11H,1,4,7H2,2H3. The first-order chi connectivity index (χ1) is 13.4. The molecule has 0 saturated heterocycles. The molecule has 0 atom stereocenters. The lowest BCUT2D eigenvalue weighted by Gasteiger charge is -2.10. The topological polar surface area (TPSA) is 56.5 Å². The third kappa shape index (κ3) is 4.65. The summed E-state index contributed by atoms with van der Waals surface area (Å²) in [7, 11) is 0. The number of fused-ring (bicyclic) bond motifs is 1. The second kappa shape index (κ2) is 9.49. The highest BCUT2D eigenvalue weighted by atomic mass is 127. The van der Waals surface area contributed by atoms with Gasteiger partial charge >= 0.3 is 0 Å². The molecule has 0 spiro atoms. The van der Waals surface area contributed by atoms with Crippen molar-refractivity contribution < 1.29 is 4.74 Å². The van der Waals surface area contributed by atoms with Gasteiger partial charge in [0.1, 0.15) is 18.2 Å². The third-order valence-electron chi connectivity index (χ3n) is 3.88.